The van der Waals surface area contributed by atoms with Gasteiger partial charge in [0.25, 0.3) is 0 Å². The molecule has 25 heavy (non-hydrogen) atoms. The normalized spacial score (nSPS) is 16.7. The smallest absolute Gasteiger partial charge is 0.243 e. The first-order chi connectivity index (χ1) is 11.9. The van der Waals surface area contributed by atoms with Crippen LogP contribution in [0.5, 0.6) is 0 Å². The summed E-state index contributed by atoms with van der Waals surface area (Å²) >= 11 is 0. The van der Waals surface area contributed by atoms with E-state index in [0.29, 0.717) is 42.4 Å². The zero-order chi connectivity index (χ0) is 18.0. The molecule has 1 aliphatic heterocycles. The molecule has 0 unspecified atom stereocenters. The maximum atomic E-state index is 12.7. The second-order valence-electron chi connectivity index (χ2n) is 6.31. The van der Waals surface area contributed by atoms with Crippen molar-refractivity contribution in [2.24, 2.45) is 5.92 Å². The fourth-order valence-corrected chi connectivity index (χ4v) is 4.51. The summed E-state index contributed by atoms with van der Waals surface area (Å²) < 4.78 is 31.8. The Morgan fingerprint density at radius 1 is 1.24 bits per heavy atom. The van der Waals surface area contributed by atoms with Crippen LogP contribution in [-0.2, 0) is 14.8 Å². The highest BCUT2D eigenvalue weighted by Crippen LogP contribution is 2.25. The Labute approximate surface area is 147 Å². The molecular formula is C17H21N3O4S. The van der Waals surface area contributed by atoms with Crippen LogP contribution in [0.1, 0.15) is 24.2 Å². The van der Waals surface area contributed by atoms with Gasteiger partial charge in [-0.3, -0.25) is 4.79 Å². The highest BCUT2D eigenvalue weighted by atomic mass is 32.2. The number of nitrogens with one attached hydrogen (secondary N) is 1. The number of aromatic nitrogens is 1. The zero-order valence-corrected chi connectivity index (χ0v) is 15.0. The van der Waals surface area contributed by atoms with E-state index in [2.05, 4.69) is 10.5 Å². The van der Waals surface area contributed by atoms with Gasteiger partial charge >= 0.3 is 0 Å². The van der Waals surface area contributed by atoms with Crippen molar-refractivity contribution < 1.29 is 17.7 Å². The van der Waals surface area contributed by atoms with E-state index in [4.69, 9.17) is 4.52 Å². The quantitative estimate of drug-likeness (QED) is 0.900. The Kier molecular flexibility index (Phi) is 4.91. The predicted octanol–water partition coefficient (Wildman–Crippen LogP) is 2.33. The number of nitrogens with zero attached hydrogens (tertiary/aromatic N) is 2. The van der Waals surface area contributed by atoms with Crippen LogP contribution in [0.2, 0.25) is 0 Å². The van der Waals surface area contributed by atoms with Crippen LogP contribution in [0, 0.1) is 19.8 Å². The van der Waals surface area contributed by atoms with Crippen LogP contribution in [-0.4, -0.2) is 36.9 Å². The van der Waals surface area contributed by atoms with Gasteiger partial charge in [-0.2, -0.15) is 4.31 Å². The molecule has 8 heteroatoms. The number of rotatable bonds is 4. The van der Waals surface area contributed by atoms with Gasteiger partial charge < -0.3 is 9.84 Å². The van der Waals surface area contributed by atoms with Crippen LogP contribution in [0.25, 0.3) is 0 Å². The summed E-state index contributed by atoms with van der Waals surface area (Å²) in [7, 11) is -3.51. The highest BCUT2D eigenvalue weighted by molar-refractivity contribution is 7.89. The number of sulfonamides is 1. The highest BCUT2D eigenvalue weighted by Gasteiger charge is 2.32. The number of hydrogen-bond acceptors (Lipinski definition) is 5. The topological polar surface area (TPSA) is 92.5 Å². The Morgan fingerprint density at radius 2 is 1.96 bits per heavy atom. The lowest BCUT2D eigenvalue weighted by Crippen LogP contribution is -2.41. The van der Waals surface area contributed by atoms with Gasteiger partial charge in [0.05, 0.1) is 4.90 Å². The number of carbonyl (C=O) groups is 1. The lowest BCUT2D eigenvalue weighted by atomic mass is 9.97. The predicted molar refractivity (Wildman–Crippen MR) is 92.5 cm³/mol. The van der Waals surface area contributed by atoms with Crippen LogP contribution >= 0.6 is 0 Å². The fraction of sp³-hybridized carbons (Fsp3) is 0.412. The molecule has 1 fully saturated rings. The molecule has 1 aliphatic rings. The van der Waals surface area contributed by atoms with Gasteiger partial charge in [0.15, 0.2) is 5.82 Å². The molecule has 0 saturated carbocycles. The van der Waals surface area contributed by atoms with E-state index in [-0.39, 0.29) is 11.8 Å². The van der Waals surface area contributed by atoms with Crippen LogP contribution < -0.4 is 5.32 Å². The number of piperidine rings is 1. The minimum atomic E-state index is -3.51. The Balaban J connectivity index is 1.62. The molecule has 1 amide bonds. The van der Waals surface area contributed by atoms with Gasteiger partial charge in [-0.05, 0) is 44.4 Å². The molecule has 0 spiro atoms. The lowest BCUT2D eigenvalue weighted by Gasteiger charge is -2.30. The molecule has 1 aromatic carbocycles. The second-order valence-corrected chi connectivity index (χ2v) is 8.24. The third kappa shape index (κ3) is 3.91. The number of amides is 1. The fourth-order valence-electron chi connectivity index (χ4n) is 2.94. The van der Waals surface area contributed by atoms with Crippen molar-refractivity contribution >= 4 is 21.7 Å². The van der Waals surface area contributed by atoms with Crippen LogP contribution in [0.15, 0.2) is 39.8 Å². The SMILES string of the molecule is Cc1cccc(S(=O)(=O)N2CCC(C(=O)Nc3cc(C)on3)CC2)c1. The van der Waals surface area contributed by atoms with Crippen molar-refractivity contribution in [3.63, 3.8) is 0 Å². The lowest BCUT2D eigenvalue weighted by molar-refractivity contribution is -0.120. The number of aryl methyl sites for hydroxylation is 2. The van der Waals surface area contributed by atoms with E-state index in [1.54, 1.807) is 31.2 Å². The van der Waals surface area contributed by atoms with Crippen molar-refractivity contribution in [2.45, 2.75) is 31.6 Å². The van der Waals surface area contributed by atoms with E-state index >= 15 is 0 Å². The van der Waals surface area contributed by atoms with Crippen LogP contribution in [0.4, 0.5) is 5.82 Å². The molecular weight excluding hydrogens is 342 g/mol. The van der Waals surface area contributed by atoms with Crippen molar-refractivity contribution in [2.75, 3.05) is 18.4 Å². The molecule has 0 radical (unpaired) electrons. The number of hydrogen-bond donors (Lipinski definition) is 1. The molecule has 7 nitrogen and oxygen atoms in total. The zero-order valence-electron chi connectivity index (χ0n) is 14.2. The van der Waals surface area contributed by atoms with Gasteiger partial charge in [-0.1, -0.05) is 17.3 Å². The second kappa shape index (κ2) is 6.97. The molecule has 2 aromatic rings. The van der Waals surface area contributed by atoms with Gasteiger partial charge in [-0.15, -0.1) is 0 Å². The first-order valence-electron chi connectivity index (χ1n) is 8.17. The molecule has 134 valence electrons. The number of benzene rings is 1. The average Bonchev–Trinajstić information content (AvgIpc) is 3.00. The summed E-state index contributed by atoms with van der Waals surface area (Å²) in [6, 6.07) is 8.52. The van der Waals surface area contributed by atoms with E-state index in [1.165, 1.54) is 4.31 Å². The summed E-state index contributed by atoms with van der Waals surface area (Å²) in [6.07, 6.45) is 0.960. The number of anilines is 1. The Bertz CT molecular complexity index is 868. The standard InChI is InChI=1S/C17H21N3O4S/c1-12-4-3-5-15(10-12)25(22,23)20-8-6-14(7-9-20)17(21)18-16-11-13(2)24-19-16/h3-5,10-11,14H,6-9H2,1-2H3,(H,18,19,21). The largest absolute Gasteiger partial charge is 0.360 e. The maximum absolute atomic E-state index is 12.7. The summed E-state index contributed by atoms with van der Waals surface area (Å²) in [6.45, 7) is 4.26. The van der Waals surface area contributed by atoms with Crippen LogP contribution in [0.3, 0.4) is 0 Å². The minimum absolute atomic E-state index is 0.152. The average molecular weight is 363 g/mol. The van der Waals surface area contributed by atoms with E-state index in [0.717, 1.165) is 5.56 Å². The van der Waals surface area contributed by atoms with Gasteiger partial charge in [-0.25, -0.2) is 8.42 Å². The molecule has 3 rings (SSSR count). The van der Waals surface area contributed by atoms with Crippen molar-refractivity contribution in [1.29, 1.82) is 0 Å². The summed E-state index contributed by atoms with van der Waals surface area (Å²) in [4.78, 5) is 12.6. The maximum Gasteiger partial charge on any atom is 0.243 e. The minimum Gasteiger partial charge on any atom is -0.360 e. The molecule has 0 atom stereocenters. The third-order valence-electron chi connectivity index (χ3n) is 4.33. The van der Waals surface area contributed by atoms with Crippen molar-refractivity contribution in [1.82, 2.24) is 9.46 Å². The molecule has 1 aromatic heterocycles. The van der Waals surface area contributed by atoms with E-state index < -0.39 is 10.0 Å². The molecule has 0 aliphatic carbocycles. The molecule has 1 saturated heterocycles. The Morgan fingerprint density at radius 3 is 2.56 bits per heavy atom. The Hall–Kier alpha value is -2.19. The summed E-state index contributed by atoms with van der Waals surface area (Å²) in [5.41, 5.74) is 0.901. The summed E-state index contributed by atoms with van der Waals surface area (Å²) in [5, 5.41) is 6.45. The van der Waals surface area contributed by atoms with Crippen molar-refractivity contribution in [3.05, 3.63) is 41.7 Å². The molecule has 1 N–H and O–H groups in total. The van der Waals surface area contributed by atoms with Gasteiger partial charge in [0.1, 0.15) is 5.76 Å². The summed E-state index contributed by atoms with van der Waals surface area (Å²) in [5.74, 6) is 0.619. The first-order valence-corrected chi connectivity index (χ1v) is 9.61. The monoisotopic (exact) mass is 363 g/mol. The van der Waals surface area contributed by atoms with E-state index in [1.807, 2.05) is 13.0 Å². The first kappa shape index (κ1) is 17.6. The van der Waals surface area contributed by atoms with E-state index in [9.17, 15) is 13.2 Å². The number of carbonyl (C=O) groups excluding carboxylic acids is 1. The molecule has 2 heterocycles. The van der Waals surface area contributed by atoms with Gasteiger partial charge in [0, 0.05) is 25.1 Å². The van der Waals surface area contributed by atoms with Crippen molar-refractivity contribution in [3.8, 4) is 0 Å². The third-order valence-corrected chi connectivity index (χ3v) is 6.23. The molecule has 0 bridgehead atoms. The van der Waals surface area contributed by atoms with Gasteiger partial charge in [0.2, 0.25) is 15.9 Å².